The standard InChI is InChI=1S/C20H15F4N7S/c1-10(29-18-16-17(26-8-25-16)27-9-28-18)15-13(11-3-2-4-12(21)5-11)6-31-14(20(22,23)24)7-32-19(31)30-15/h2-5,7-10H,6H2,1H3,(H2,25,26,27,28,29). The Balaban J connectivity index is 1.56. The van der Waals surface area contributed by atoms with Crippen molar-refractivity contribution in [3.05, 3.63) is 65.1 Å². The number of thioether (sulfide) groups is 1. The number of alkyl halides is 3. The van der Waals surface area contributed by atoms with Crippen LogP contribution in [-0.4, -0.2) is 48.8 Å². The molecule has 1 unspecified atom stereocenters. The third-order valence-corrected chi connectivity index (χ3v) is 5.95. The number of rotatable bonds is 4. The summed E-state index contributed by atoms with van der Waals surface area (Å²) in [6, 6.07) is 5.29. The van der Waals surface area contributed by atoms with Crippen LogP contribution < -0.4 is 5.32 Å². The van der Waals surface area contributed by atoms with E-state index in [0.717, 1.165) is 22.1 Å². The van der Waals surface area contributed by atoms with Crippen molar-refractivity contribution in [1.29, 1.82) is 0 Å². The number of anilines is 1. The molecule has 2 aromatic heterocycles. The highest BCUT2D eigenvalue weighted by Gasteiger charge is 2.44. The van der Waals surface area contributed by atoms with Crippen LogP contribution in [0.5, 0.6) is 0 Å². The van der Waals surface area contributed by atoms with Crippen LogP contribution in [0.2, 0.25) is 0 Å². The summed E-state index contributed by atoms with van der Waals surface area (Å²) in [5.74, 6) is -0.0102. The Morgan fingerprint density at radius 3 is 2.84 bits per heavy atom. The second kappa shape index (κ2) is 7.62. The molecule has 0 saturated heterocycles. The van der Waals surface area contributed by atoms with Crippen molar-refractivity contribution in [2.45, 2.75) is 19.1 Å². The Morgan fingerprint density at radius 1 is 1.22 bits per heavy atom. The van der Waals surface area contributed by atoms with Gasteiger partial charge in [0.2, 0.25) is 0 Å². The zero-order chi connectivity index (χ0) is 22.5. The van der Waals surface area contributed by atoms with Crippen LogP contribution in [0.4, 0.5) is 23.4 Å². The number of aromatic amines is 1. The topological polar surface area (TPSA) is 82.1 Å². The van der Waals surface area contributed by atoms with E-state index in [1.165, 1.54) is 30.9 Å². The number of aromatic nitrogens is 4. The fourth-order valence-electron chi connectivity index (χ4n) is 3.63. The van der Waals surface area contributed by atoms with E-state index in [2.05, 4.69) is 30.2 Å². The van der Waals surface area contributed by atoms with Crippen LogP contribution in [0, 0.1) is 5.82 Å². The SMILES string of the molecule is CC(Nc1ncnc2nc[nH]c12)C1=C(c2cccc(F)c2)CN2C(C(F)(F)F)=CSC2=N1. The lowest BCUT2D eigenvalue weighted by Crippen LogP contribution is -2.37. The van der Waals surface area contributed by atoms with Crippen LogP contribution in [0.1, 0.15) is 12.5 Å². The molecule has 0 saturated carbocycles. The summed E-state index contributed by atoms with van der Waals surface area (Å²) in [4.78, 5) is 21.0. The normalized spacial score (nSPS) is 17.3. The minimum atomic E-state index is -4.52. The highest BCUT2D eigenvalue weighted by Crippen LogP contribution is 2.42. The number of imidazole rings is 1. The highest BCUT2D eigenvalue weighted by atomic mass is 32.2. The van der Waals surface area contributed by atoms with Gasteiger partial charge in [-0.15, -0.1) is 0 Å². The first kappa shape index (κ1) is 20.5. The summed E-state index contributed by atoms with van der Waals surface area (Å²) in [7, 11) is 0. The summed E-state index contributed by atoms with van der Waals surface area (Å²) in [6.45, 7) is 1.72. The van der Waals surface area contributed by atoms with Gasteiger partial charge in [-0.3, -0.25) is 0 Å². The number of benzene rings is 1. The molecule has 0 aliphatic carbocycles. The molecule has 1 atom stereocenters. The zero-order valence-corrected chi connectivity index (χ0v) is 17.3. The van der Waals surface area contributed by atoms with Gasteiger partial charge in [-0.25, -0.2) is 24.3 Å². The van der Waals surface area contributed by atoms with E-state index >= 15 is 0 Å². The van der Waals surface area contributed by atoms with Crippen molar-refractivity contribution in [2.75, 3.05) is 11.9 Å². The summed E-state index contributed by atoms with van der Waals surface area (Å²) < 4.78 is 54.4. The third kappa shape index (κ3) is 3.60. The highest BCUT2D eigenvalue weighted by molar-refractivity contribution is 8.16. The predicted molar refractivity (Wildman–Crippen MR) is 114 cm³/mol. The number of hydrogen-bond donors (Lipinski definition) is 2. The number of nitrogens with one attached hydrogen (secondary N) is 2. The second-order valence-corrected chi connectivity index (χ2v) is 8.00. The zero-order valence-electron chi connectivity index (χ0n) is 16.5. The lowest BCUT2D eigenvalue weighted by Gasteiger charge is -2.31. The number of allylic oxidation sites excluding steroid dienone is 1. The van der Waals surface area contributed by atoms with E-state index in [-0.39, 0.29) is 11.7 Å². The van der Waals surface area contributed by atoms with Crippen molar-refractivity contribution in [1.82, 2.24) is 24.8 Å². The Morgan fingerprint density at radius 2 is 2.06 bits per heavy atom. The monoisotopic (exact) mass is 461 g/mol. The maximum absolute atomic E-state index is 14.0. The molecule has 2 aliphatic rings. The fourth-order valence-corrected chi connectivity index (χ4v) is 4.55. The van der Waals surface area contributed by atoms with Crippen molar-refractivity contribution < 1.29 is 17.6 Å². The molecule has 2 N–H and O–H groups in total. The molecule has 0 radical (unpaired) electrons. The number of fused-ring (bicyclic) bond motifs is 2. The minimum absolute atomic E-state index is 0.0920. The molecule has 0 spiro atoms. The number of aliphatic imine (C=N–C) groups is 1. The third-order valence-electron chi connectivity index (χ3n) is 5.09. The Labute approximate surface area is 183 Å². The molecular weight excluding hydrogens is 446 g/mol. The van der Waals surface area contributed by atoms with Gasteiger partial charge < -0.3 is 15.2 Å². The quantitative estimate of drug-likeness (QED) is 0.556. The molecule has 32 heavy (non-hydrogen) atoms. The number of amidine groups is 1. The van der Waals surface area contributed by atoms with E-state index in [1.54, 1.807) is 6.07 Å². The second-order valence-electron chi connectivity index (χ2n) is 7.16. The molecule has 5 rings (SSSR count). The van der Waals surface area contributed by atoms with Crippen molar-refractivity contribution in [3.63, 3.8) is 0 Å². The van der Waals surface area contributed by atoms with Crippen molar-refractivity contribution in [3.8, 4) is 0 Å². The number of halogens is 4. The van der Waals surface area contributed by atoms with Crippen LogP contribution in [-0.2, 0) is 0 Å². The molecular formula is C20H15F4N7S. The molecule has 164 valence electrons. The molecule has 3 aromatic rings. The first-order chi connectivity index (χ1) is 15.3. The van der Waals surface area contributed by atoms with Gasteiger partial charge in [0.15, 0.2) is 16.6 Å². The van der Waals surface area contributed by atoms with Crippen molar-refractivity contribution in [2.24, 2.45) is 4.99 Å². The van der Waals surface area contributed by atoms with E-state index in [0.29, 0.717) is 33.8 Å². The van der Waals surface area contributed by atoms with Gasteiger partial charge >= 0.3 is 6.18 Å². The van der Waals surface area contributed by atoms with Crippen LogP contribution in [0.15, 0.2) is 58.7 Å². The number of H-pyrrole nitrogens is 1. The maximum atomic E-state index is 14.0. The lowest BCUT2D eigenvalue weighted by atomic mass is 9.98. The summed E-state index contributed by atoms with van der Waals surface area (Å²) >= 11 is 0.909. The van der Waals surface area contributed by atoms with Gasteiger partial charge in [-0.1, -0.05) is 23.9 Å². The largest absolute Gasteiger partial charge is 0.432 e. The van der Waals surface area contributed by atoms with E-state index in [4.69, 9.17) is 0 Å². The molecule has 0 fully saturated rings. The molecule has 1 aromatic carbocycles. The minimum Gasteiger partial charge on any atom is -0.360 e. The Kier molecular flexibility index (Phi) is 4.88. The fraction of sp³-hybridized carbons (Fsp3) is 0.200. The van der Waals surface area contributed by atoms with E-state index in [1.807, 2.05) is 6.92 Å². The van der Waals surface area contributed by atoms with Gasteiger partial charge in [0.1, 0.15) is 23.4 Å². The molecule has 7 nitrogen and oxygen atoms in total. The smallest absolute Gasteiger partial charge is 0.360 e. The predicted octanol–water partition coefficient (Wildman–Crippen LogP) is 4.53. The van der Waals surface area contributed by atoms with Gasteiger partial charge in [0.25, 0.3) is 0 Å². The summed E-state index contributed by atoms with van der Waals surface area (Å²) in [5.41, 5.74) is 1.72. The van der Waals surface area contributed by atoms with E-state index in [9.17, 15) is 17.6 Å². The van der Waals surface area contributed by atoms with Gasteiger partial charge in [0, 0.05) is 11.0 Å². The Bertz CT molecular complexity index is 1290. The average Bonchev–Trinajstić information content (AvgIpc) is 3.39. The van der Waals surface area contributed by atoms with Crippen molar-refractivity contribution >= 4 is 39.5 Å². The first-order valence-electron chi connectivity index (χ1n) is 9.51. The summed E-state index contributed by atoms with van der Waals surface area (Å²) in [6.07, 6.45) is -1.67. The number of nitrogens with zero attached hydrogens (tertiary/aromatic N) is 5. The van der Waals surface area contributed by atoms with Gasteiger partial charge in [-0.2, -0.15) is 13.2 Å². The van der Waals surface area contributed by atoms with E-state index < -0.39 is 23.7 Å². The number of hydrogen-bond acceptors (Lipinski definition) is 7. The maximum Gasteiger partial charge on any atom is 0.432 e. The Hall–Kier alpha value is -3.41. The lowest BCUT2D eigenvalue weighted by molar-refractivity contribution is -0.104. The molecule has 2 aliphatic heterocycles. The average molecular weight is 461 g/mol. The molecule has 4 heterocycles. The van der Waals surface area contributed by atoms with Crippen LogP contribution in [0.3, 0.4) is 0 Å². The molecule has 12 heteroatoms. The van der Waals surface area contributed by atoms with Crippen LogP contribution in [0.25, 0.3) is 16.7 Å². The first-order valence-corrected chi connectivity index (χ1v) is 10.4. The summed E-state index contributed by atoms with van der Waals surface area (Å²) in [5, 5.41) is 4.49. The van der Waals surface area contributed by atoms with Gasteiger partial charge in [0.05, 0.1) is 24.6 Å². The molecule has 0 bridgehead atoms. The van der Waals surface area contributed by atoms with Crippen LogP contribution >= 0.6 is 11.8 Å². The molecule has 0 amide bonds. The van der Waals surface area contributed by atoms with Gasteiger partial charge in [-0.05, 0) is 24.6 Å².